The number of hydrogen-bond acceptors (Lipinski definition) is 8. The van der Waals surface area contributed by atoms with E-state index in [1.807, 2.05) is 36.4 Å². The number of unbranched alkanes of at least 4 members (excludes halogenated alkanes) is 4. The Hall–Kier alpha value is -3.04. The standard InChI is InChI=1S/C36H52O8/c1-5-9-23-39-33(40-24-10-6-2)27-43-35(37)31-19-15-29(16-20-31)13-14-30-17-21-32(22-18-30)36(38)44-28-34(41-25-11-7-3)42-26-12-8-4/h13-22,33-34H,5-12,23-28H2,1-4H3. The lowest BCUT2D eigenvalue weighted by Crippen LogP contribution is -2.26. The summed E-state index contributed by atoms with van der Waals surface area (Å²) in [6.07, 6.45) is 10.6. The second-order valence-electron chi connectivity index (χ2n) is 10.5. The van der Waals surface area contributed by atoms with E-state index in [4.69, 9.17) is 28.4 Å². The van der Waals surface area contributed by atoms with Crippen molar-refractivity contribution in [1.82, 2.24) is 0 Å². The van der Waals surface area contributed by atoms with Gasteiger partial charge in [-0.25, -0.2) is 9.59 Å². The summed E-state index contributed by atoms with van der Waals surface area (Å²) >= 11 is 0. The van der Waals surface area contributed by atoms with Gasteiger partial charge in [0.05, 0.1) is 11.1 Å². The zero-order chi connectivity index (χ0) is 31.8. The van der Waals surface area contributed by atoms with Gasteiger partial charge in [0.25, 0.3) is 0 Å². The van der Waals surface area contributed by atoms with Crippen molar-refractivity contribution in [2.24, 2.45) is 0 Å². The minimum Gasteiger partial charge on any atom is -0.457 e. The van der Waals surface area contributed by atoms with Gasteiger partial charge in [-0.1, -0.05) is 89.8 Å². The van der Waals surface area contributed by atoms with Crippen molar-refractivity contribution >= 4 is 24.1 Å². The fourth-order valence-electron chi connectivity index (χ4n) is 3.83. The summed E-state index contributed by atoms with van der Waals surface area (Å²) < 4.78 is 33.9. The highest BCUT2D eigenvalue weighted by molar-refractivity contribution is 5.90. The van der Waals surface area contributed by atoms with Crippen LogP contribution < -0.4 is 0 Å². The van der Waals surface area contributed by atoms with Crippen LogP contribution in [0.2, 0.25) is 0 Å². The predicted octanol–water partition coefficient (Wildman–Crippen LogP) is 8.09. The molecule has 0 heterocycles. The van der Waals surface area contributed by atoms with Gasteiger partial charge in [-0.15, -0.1) is 0 Å². The SMILES string of the molecule is CCCCOC(COC(=O)c1ccc(C=Cc2ccc(C(=O)OCC(OCCCC)OCCCC)cc2)cc1)OCCCC. The highest BCUT2D eigenvalue weighted by atomic mass is 16.7. The van der Waals surface area contributed by atoms with Crippen molar-refractivity contribution in [2.45, 2.75) is 91.6 Å². The maximum Gasteiger partial charge on any atom is 0.338 e. The molecule has 2 rings (SSSR count). The summed E-state index contributed by atoms with van der Waals surface area (Å²) in [5.74, 6) is -0.838. The molecule has 0 saturated carbocycles. The molecule has 0 unspecified atom stereocenters. The van der Waals surface area contributed by atoms with Crippen LogP contribution in [-0.4, -0.2) is 64.2 Å². The number of rotatable bonds is 24. The molecule has 2 aromatic rings. The Labute approximate surface area is 264 Å². The number of hydrogen-bond donors (Lipinski definition) is 0. The van der Waals surface area contributed by atoms with Crippen LogP contribution in [0.15, 0.2) is 48.5 Å². The van der Waals surface area contributed by atoms with Gasteiger partial charge in [0, 0.05) is 26.4 Å². The zero-order valence-electron chi connectivity index (χ0n) is 27.1. The first kappa shape index (κ1) is 37.1. The monoisotopic (exact) mass is 612 g/mol. The highest BCUT2D eigenvalue weighted by Crippen LogP contribution is 2.14. The van der Waals surface area contributed by atoms with Crippen LogP contribution in [0.25, 0.3) is 12.2 Å². The first-order valence-corrected chi connectivity index (χ1v) is 16.2. The Kier molecular flexibility index (Phi) is 19.7. The maximum absolute atomic E-state index is 12.6. The molecule has 0 fully saturated rings. The third-order valence-electron chi connectivity index (χ3n) is 6.67. The largest absolute Gasteiger partial charge is 0.457 e. The summed E-state index contributed by atoms with van der Waals surface area (Å²) in [4.78, 5) is 25.2. The van der Waals surface area contributed by atoms with Crippen LogP contribution in [0.1, 0.15) is 111 Å². The number of carbonyl (C=O) groups is 2. The highest BCUT2D eigenvalue weighted by Gasteiger charge is 2.16. The second kappa shape index (κ2) is 23.4. The number of benzene rings is 2. The van der Waals surface area contributed by atoms with Crippen LogP contribution in [0, 0.1) is 0 Å². The quantitative estimate of drug-likeness (QED) is 0.0509. The normalized spacial score (nSPS) is 11.5. The van der Waals surface area contributed by atoms with Gasteiger partial charge in [0.1, 0.15) is 13.2 Å². The topological polar surface area (TPSA) is 89.5 Å². The number of carbonyl (C=O) groups excluding carboxylic acids is 2. The summed E-state index contributed by atoms with van der Waals surface area (Å²) in [6, 6.07) is 14.4. The molecule has 8 nitrogen and oxygen atoms in total. The van der Waals surface area contributed by atoms with Gasteiger partial charge in [-0.2, -0.15) is 0 Å². The molecule has 0 radical (unpaired) electrons. The summed E-state index contributed by atoms with van der Waals surface area (Å²) in [5.41, 5.74) is 2.76. The Morgan fingerprint density at radius 1 is 0.523 bits per heavy atom. The number of ether oxygens (including phenoxy) is 6. The molecule has 8 heteroatoms. The van der Waals surface area contributed by atoms with Crippen LogP contribution in [-0.2, 0) is 28.4 Å². The Bertz CT molecular complexity index is 959. The first-order chi connectivity index (χ1) is 21.5. The smallest absolute Gasteiger partial charge is 0.338 e. The van der Waals surface area contributed by atoms with Gasteiger partial charge in [-0.05, 0) is 61.1 Å². The van der Waals surface area contributed by atoms with Crippen molar-refractivity contribution in [3.05, 3.63) is 70.8 Å². The Morgan fingerprint density at radius 3 is 1.09 bits per heavy atom. The average molecular weight is 613 g/mol. The van der Waals surface area contributed by atoms with E-state index in [2.05, 4.69) is 27.7 Å². The maximum atomic E-state index is 12.6. The molecule has 0 amide bonds. The number of esters is 2. The van der Waals surface area contributed by atoms with Crippen molar-refractivity contribution in [2.75, 3.05) is 39.6 Å². The molecule has 0 spiro atoms. The third kappa shape index (κ3) is 15.6. The molecule has 0 bridgehead atoms. The van der Waals surface area contributed by atoms with Crippen LogP contribution in [0.3, 0.4) is 0 Å². The predicted molar refractivity (Wildman–Crippen MR) is 173 cm³/mol. The van der Waals surface area contributed by atoms with E-state index < -0.39 is 24.5 Å². The van der Waals surface area contributed by atoms with Crippen molar-refractivity contribution < 1.29 is 38.0 Å². The van der Waals surface area contributed by atoms with Crippen molar-refractivity contribution in [3.63, 3.8) is 0 Å². The lowest BCUT2D eigenvalue weighted by atomic mass is 10.1. The molecular formula is C36H52O8. The summed E-state index contributed by atoms with van der Waals surface area (Å²) in [7, 11) is 0. The first-order valence-electron chi connectivity index (χ1n) is 16.2. The molecule has 0 aromatic heterocycles. The minimum atomic E-state index is -0.557. The van der Waals surface area contributed by atoms with E-state index >= 15 is 0 Å². The molecular weight excluding hydrogens is 560 g/mol. The molecule has 0 aliphatic rings. The van der Waals surface area contributed by atoms with Crippen LogP contribution in [0.5, 0.6) is 0 Å². The Balaban J connectivity index is 1.85. The molecule has 0 aliphatic heterocycles. The van der Waals surface area contributed by atoms with E-state index in [-0.39, 0.29) is 13.2 Å². The molecule has 0 N–H and O–H groups in total. The molecule has 0 saturated heterocycles. The lowest BCUT2D eigenvalue weighted by Gasteiger charge is -2.18. The molecule has 44 heavy (non-hydrogen) atoms. The van der Waals surface area contributed by atoms with E-state index in [1.54, 1.807) is 24.3 Å². The zero-order valence-corrected chi connectivity index (χ0v) is 27.1. The second-order valence-corrected chi connectivity index (χ2v) is 10.5. The van der Waals surface area contributed by atoms with E-state index in [0.29, 0.717) is 37.6 Å². The van der Waals surface area contributed by atoms with E-state index in [1.165, 1.54) is 0 Å². The lowest BCUT2D eigenvalue weighted by molar-refractivity contribution is -0.164. The van der Waals surface area contributed by atoms with Crippen LogP contribution >= 0.6 is 0 Å². The molecule has 244 valence electrons. The summed E-state index contributed by atoms with van der Waals surface area (Å²) in [5, 5.41) is 0. The molecule has 0 atom stereocenters. The van der Waals surface area contributed by atoms with Gasteiger partial charge in [-0.3, -0.25) is 0 Å². The van der Waals surface area contributed by atoms with Crippen molar-refractivity contribution in [1.29, 1.82) is 0 Å². The van der Waals surface area contributed by atoms with Gasteiger partial charge < -0.3 is 28.4 Å². The van der Waals surface area contributed by atoms with E-state index in [0.717, 1.165) is 62.5 Å². The third-order valence-corrected chi connectivity index (χ3v) is 6.67. The average Bonchev–Trinajstić information content (AvgIpc) is 3.05. The van der Waals surface area contributed by atoms with Gasteiger partial charge in [0.15, 0.2) is 12.6 Å². The fraction of sp³-hybridized carbons (Fsp3) is 0.556. The van der Waals surface area contributed by atoms with Crippen molar-refractivity contribution in [3.8, 4) is 0 Å². The molecule has 0 aliphatic carbocycles. The minimum absolute atomic E-state index is 0.0531. The van der Waals surface area contributed by atoms with E-state index in [9.17, 15) is 9.59 Å². The van der Waals surface area contributed by atoms with Crippen LogP contribution in [0.4, 0.5) is 0 Å². The fourth-order valence-corrected chi connectivity index (χ4v) is 3.83. The van der Waals surface area contributed by atoms with Gasteiger partial charge >= 0.3 is 11.9 Å². The molecule has 2 aromatic carbocycles. The van der Waals surface area contributed by atoms with Gasteiger partial charge in [0.2, 0.25) is 0 Å². The Morgan fingerprint density at radius 2 is 0.818 bits per heavy atom. The summed E-state index contributed by atoms with van der Waals surface area (Å²) in [6.45, 7) is 10.8.